The van der Waals surface area contributed by atoms with Gasteiger partial charge in [0.05, 0.1) is 0 Å². The van der Waals surface area contributed by atoms with Crippen LogP contribution in [-0.4, -0.2) is 25.8 Å². The quantitative estimate of drug-likeness (QED) is 0.771. The molecule has 0 amide bonds. The Morgan fingerprint density at radius 3 is 2.40 bits per heavy atom. The summed E-state index contributed by atoms with van der Waals surface area (Å²) in [6.07, 6.45) is 3.91. The molecule has 0 spiro atoms. The van der Waals surface area contributed by atoms with Crippen molar-refractivity contribution < 1.29 is 4.74 Å². The summed E-state index contributed by atoms with van der Waals surface area (Å²) in [4.78, 5) is 0. The van der Waals surface area contributed by atoms with E-state index in [4.69, 9.17) is 4.74 Å². The summed E-state index contributed by atoms with van der Waals surface area (Å²) in [5.74, 6) is 1.76. The molecule has 88 valence electrons. The van der Waals surface area contributed by atoms with Crippen LogP contribution < -0.4 is 5.32 Å². The fourth-order valence-electron chi connectivity index (χ4n) is 3.07. The van der Waals surface area contributed by atoms with E-state index in [1.807, 2.05) is 0 Å². The Morgan fingerprint density at radius 1 is 1.33 bits per heavy atom. The first kappa shape index (κ1) is 11.4. The summed E-state index contributed by atoms with van der Waals surface area (Å²) in [7, 11) is 0. The first-order valence-electron chi connectivity index (χ1n) is 6.46. The van der Waals surface area contributed by atoms with Gasteiger partial charge in [-0.1, -0.05) is 20.8 Å². The normalized spacial score (nSPS) is 32.6. The van der Waals surface area contributed by atoms with Gasteiger partial charge in [-0.2, -0.15) is 0 Å². The molecule has 0 aromatic heterocycles. The van der Waals surface area contributed by atoms with Crippen molar-refractivity contribution in [3.05, 3.63) is 0 Å². The molecule has 2 fully saturated rings. The van der Waals surface area contributed by atoms with Gasteiger partial charge >= 0.3 is 0 Å². The molecule has 2 heteroatoms. The number of hydrogen-bond donors (Lipinski definition) is 1. The maximum absolute atomic E-state index is 5.45. The highest BCUT2D eigenvalue weighted by atomic mass is 16.5. The fourth-order valence-corrected chi connectivity index (χ4v) is 3.07. The van der Waals surface area contributed by atoms with Crippen molar-refractivity contribution in [1.29, 1.82) is 0 Å². The predicted molar refractivity (Wildman–Crippen MR) is 62.9 cm³/mol. The van der Waals surface area contributed by atoms with E-state index in [9.17, 15) is 0 Å². The van der Waals surface area contributed by atoms with Gasteiger partial charge in [0.25, 0.3) is 0 Å². The minimum atomic E-state index is 0.588. The van der Waals surface area contributed by atoms with Crippen molar-refractivity contribution in [2.24, 2.45) is 17.3 Å². The van der Waals surface area contributed by atoms with Gasteiger partial charge in [0.15, 0.2) is 0 Å². The smallest absolute Gasteiger partial charge is 0.0469 e. The van der Waals surface area contributed by atoms with Crippen molar-refractivity contribution in [3.8, 4) is 0 Å². The van der Waals surface area contributed by atoms with Gasteiger partial charge in [-0.15, -0.1) is 0 Å². The van der Waals surface area contributed by atoms with Crippen LogP contribution in [0.3, 0.4) is 0 Å². The van der Waals surface area contributed by atoms with Crippen LogP contribution >= 0.6 is 0 Å². The Labute approximate surface area is 93.8 Å². The molecule has 2 atom stereocenters. The van der Waals surface area contributed by atoms with Crippen LogP contribution in [0.25, 0.3) is 0 Å². The third-order valence-corrected chi connectivity index (χ3v) is 4.24. The summed E-state index contributed by atoms with van der Waals surface area (Å²) in [6, 6.07) is 0.744. The molecule has 0 bridgehead atoms. The predicted octanol–water partition coefficient (Wildman–Crippen LogP) is 2.44. The summed E-state index contributed by atoms with van der Waals surface area (Å²) in [6.45, 7) is 10.1. The number of rotatable bonds is 4. The van der Waals surface area contributed by atoms with E-state index in [1.54, 1.807) is 0 Å². The second-order valence-electron chi connectivity index (χ2n) is 5.83. The first-order valence-corrected chi connectivity index (χ1v) is 6.46. The van der Waals surface area contributed by atoms with Gasteiger partial charge in [0.2, 0.25) is 0 Å². The second-order valence-corrected chi connectivity index (χ2v) is 5.83. The molecule has 0 aromatic carbocycles. The zero-order chi connectivity index (χ0) is 10.9. The maximum Gasteiger partial charge on any atom is 0.0469 e. The lowest BCUT2D eigenvalue weighted by Gasteiger charge is -2.32. The Morgan fingerprint density at radius 2 is 1.93 bits per heavy atom. The lowest BCUT2D eigenvalue weighted by atomic mass is 9.86. The molecule has 1 saturated carbocycles. The molecule has 1 N–H and O–H groups in total. The summed E-state index contributed by atoms with van der Waals surface area (Å²) < 4.78 is 5.45. The van der Waals surface area contributed by atoms with Crippen molar-refractivity contribution in [1.82, 2.24) is 5.32 Å². The monoisotopic (exact) mass is 211 g/mol. The van der Waals surface area contributed by atoms with Crippen molar-refractivity contribution in [3.63, 3.8) is 0 Å². The topological polar surface area (TPSA) is 21.3 Å². The number of ether oxygens (including phenoxy) is 1. The molecule has 0 aromatic rings. The van der Waals surface area contributed by atoms with Crippen LogP contribution in [0.15, 0.2) is 0 Å². The average Bonchev–Trinajstić information content (AvgIpc) is 2.85. The van der Waals surface area contributed by atoms with Crippen LogP contribution in [0.5, 0.6) is 0 Å². The molecule has 1 aliphatic carbocycles. The third-order valence-electron chi connectivity index (χ3n) is 4.24. The second kappa shape index (κ2) is 4.42. The SMILES string of the molecule is CCNC(C1CCOCC1)C1CC1(C)C. The molecule has 15 heavy (non-hydrogen) atoms. The van der Waals surface area contributed by atoms with Gasteiger partial charge < -0.3 is 10.1 Å². The summed E-state index contributed by atoms with van der Waals surface area (Å²) in [5.41, 5.74) is 0.588. The highest BCUT2D eigenvalue weighted by molar-refractivity contribution is 5.03. The molecule has 1 aliphatic heterocycles. The van der Waals surface area contributed by atoms with Crippen molar-refractivity contribution in [2.45, 2.75) is 46.1 Å². The molecular formula is C13H25NO. The maximum atomic E-state index is 5.45. The molecule has 2 nitrogen and oxygen atoms in total. The lowest BCUT2D eigenvalue weighted by Crippen LogP contribution is -2.41. The molecule has 0 radical (unpaired) electrons. The van der Waals surface area contributed by atoms with E-state index < -0.39 is 0 Å². The molecule has 2 rings (SSSR count). The first-order chi connectivity index (χ1) is 7.15. The van der Waals surface area contributed by atoms with E-state index in [2.05, 4.69) is 26.1 Å². The molecule has 1 heterocycles. The van der Waals surface area contributed by atoms with Crippen LogP contribution in [0, 0.1) is 17.3 Å². The van der Waals surface area contributed by atoms with E-state index in [0.29, 0.717) is 5.41 Å². The van der Waals surface area contributed by atoms with E-state index >= 15 is 0 Å². The standard InChI is InChI=1S/C13H25NO/c1-4-14-12(11-9-13(11,2)3)10-5-7-15-8-6-10/h10-12,14H,4-9H2,1-3H3. The fraction of sp³-hybridized carbons (Fsp3) is 1.00. The zero-order valence-corrected chi connectivity index (χ0v) is 10.4. The van der Waals surface area contributed by atoms with Crippen LogP contribution in [0.1, 0.15) is 40.0 Å². The van der Waals surface area contributed by atoms with Crippen LogP contribution in [0.2, 0.25) is 0 Å². The Hall–Kier alpha value is -0.0800. The lowest BCUT2D eigenvalue weighted by molar-refractivity contribution is 0.0491. The molecule has 2 aliphatic rings. The molecule has 2 unspecified atom stereocenters. The van der Waals surface area contributed by atoms with Crippen LogP contribution in [0.4, 0.5) is 0 Å². The Bertz CT molecular complexity index is 209. The summed E-state index contributed by atoms with van der Waals surface area (Å²) >= 11 is 0. The molecule has 1 saturated heterocycles. The van der Waals surface area contributed by atoms with Gasteiger partial charge in [-0.3, -0.25) is 0 Å². The van der Waals surface area contributed by atoms with Gasteiger partial charge in [0.1, 0.15) is 0 Å². The molecular weight excluding hydrogens is 186 g/mol. The summed E-state index contributed by atoms with van der Waals surface area (Å²) in [5, 5.41) is 3.71. The third kappa shape index (κ3) is 2.54. The Balaban J connectivity index is 1.93. The van der Waals surface area contributed by atoms with Gasteiger partial charge in [-0.05, 0) is 43.1 Å². The largest absolute Gasteiger partial charge is 0.381 e. The number of nitrogens with one attached hydrogen (secondary N) is 1. The zero-order valence-electron chi connectivity index (χ0n) is 10.4. The minimum absolute atomic E-state index is 0.588. The van der Waals surface area contributed by atoms with E-state index in [-0.39, 0.29) is 0 Å². The Kier molecular flexibility index (Phi) is 3.36. The minimum Gasteiger partial charge on any atom is -0.381 e. The average molecular weight is 211 g/mol. The highest BCUT2D eigenvalue weighted by Gasteiger charge is 2.51. The van der Waals surface area contributed by atoms with Crippen LogP contribution in [-0.2, 0) is 4.74 Å². The van der Waals surface area contributed by atoms with Crippen molar-refractivity contribution >= 4 is 0 Å². The van der Waals surface area contributed by atoms with E-state index in [1.165, 1.54) is 19.3 Å². The van der Waals surface area contributed by atoms with Gasteiger partial charge in [-0.25, -0.2) is 0 Å². The highest BCUT2D eigenvalue weighted by Crippen LogP contribution is 2.55. The van der Waals surface area contributed by atoms with Crippen molar-refractivity contribution in [2.75, 3.05) is 19.8 Å². The van der Waals surface area contributed by atoms with Gasteiger partial charge in [0, 0.05) is 19.3 Å². The van der Waals surface area contributed by atoms with E-state index in [0.717, 1.165) is 37.6 Å². The number of hydrogen-bond acceptors (Lipinski definition) is 2.